The normalized spacial score (nSPS) is 20.2. The first kappa shape index (κ1) is 18.9. The fourth-order valence-corrected chi connectivity index (χ4v) is 4.50. The molecule has 0 aliphatic carbocycles. The zero-order valence-electron chi connectivity index (χ0n) is 15.3. The fraction of sp³-hybridized carbons (Fsp3) is 0.182. The van der Waals surface area contributed by atoms with E-state index in [9.17, 15) is 4.79 Å². The van der Waals surface area contributed by atoms with Gasteiger partial charge in [-0.25, -0.2) is 0 Å². The van der Waals surface area contributed by atoms with E-state index in [2.05, 4.69) is 6.08 Å². The molecule has 2 aliphatic rings. The van der Waals surface area contributed by atoms with E-state index in [4.69, 9.17) is 21.7 Å². The number of methoxy groups -OCH3 is 1. The summed E-state index contributed by atoms with van der Waals surface area (Å²) >= 11 is 6.70. The summed E-state index contributed by atoms with van der Waals surface area (Å²) in [4.78, 5) is 15.0. The van der Waals surface area contributed by atoms with Crippen molar-refractivity contribution in [2.45, 2.75) is 6.10 Å². The SMILES string of the molecule is COCCN1C(=O)/C(=C/C2=Cc3ccccc3OC2c2ccccc2)SC1=S. The van der Waals surface area contributed by atoms with Crippen LogP contribution in [0.5, 0.6) is 5.75 Å². The zero-order valence-corrected chi connectivity index (χ0v) is 17.0. The first-order chi connectivity index (χ1) is 13.7. The molecule has 142 valence electrons. The number of thioether (sulfide) groups is 1. The molecule has 0 aromatic heterocycles. The molecule has 0 spiro atoms. The quantitative estimate of drug-likeness (QED) is 0.533. The number of carbonyl (C=O) groups excluding carboxylic acids is 1. The number of amides is 1. The third kappa shape index (κ3) is 3.76. The third-order valence-corrected chi connectivity index (χ3v) is 5.96. The molecule has 2 aromatic rings. The van der Waals surface area contributed by atoms with Crippen molar-refractivity contribution in [3.8, 4) is 5.75 Å². The summed E-state index contributed by atoms with van der Waals surface area (Å²) < 4.78 is 11.9. The molecule has 1 amide bonds. The molecule has 28 heavy (non-hydrogen) atoms. The van der Waals surface area contributed by atoms with Gasteiger partial charge in [0.2, 0.25) is 0 Å². The molecule has 0 radical (unpaired) electrons. The smallest absolute Gasteiger partial charge is 0.266 e. The van der Waals surface area contributed by atoms with E-state index < -0.39 is 0 Å². The molecule has 2 aliphatic heterocycles. The Kier molecular flexibility index (Phi) is 5.62. The minimum absolute atomic E-state index is 0.0846. The number of benzene rings is 2. The standard InChI is InChI=1S/C22H19NO3S2/c1-25-12-11-23-21(24)19(28-22(23)27)14-17-13-16-9-5-6-10-18(16)26-20(17)15-7-3-2-4-8-15/h2-10,13-14,20H,11-12H2,1H3/b19-14-. The minimum atomic E-state index is -0.279. The lowest BCUT2D eigenvalue weighted by molar-refractivity contribution is -0.122. The summed E-state index contributed by atoms with van der Waals surface area (Å²) in [5.41, 5.74) is 2.96. The molecular formula is C22H19NO3S2. The maximum Gasteiger partial charge on any atom is 0.266 e. The van der Waals surface area contributed by atoms with Crippen LogP contribution in [0.3, 0.4) is 0 Å². The topological polar surface area (TPSA) is 38.8 Å². The Hall–Kier alpha value is -2.41. The van der Waals surface area contributed by atoms with E-state index in [0.717, 1.165) is 22.4 Å². The second kappa shape index (κ2) is 8.31. The summed E-state index contributed by atoms with van der Waals surface area (Å²) in [7, 11) is 1.61. The van der Waals surface area contributed by atoms with Crippen LogP contribution in [0.1, 0.15) is 17.2 Å². The van der Waals surface area contributed by atoms with Crippen molar-refractivity contribution >= 4 is 40.3 Å². The highest BCUT2D eigenvalue weighted by atomic mass is 32.2. The Bertz CT molecular complexity index is 969. The van der Waals surface area contributed by atoms with Crippen LogP contribution in [0.25, 0.3) is 6.08 Å². The molecule has 1 atom stereocenters. The lowest BCUT2D eigenvalue weighted by Gasteiger charge is -2.26. The van der Waals surface area contributed by atoms with Crippen molar-refractivity contribution in [3.05, 3.63) is 82.3 Å². The van der Waals surface area contributed by atoms with Crippen LogP contribution >= 0.6 is 24.0 Å². The number of thiocarbonyl (C=S) groups is 1. The van der Waals surface area contributed by atoms with Gasteiger partial charge in [0.1, 0.15) is 16.2 Å². The Morgan fingerprint density at radius 3 is 2.71 bits per heavy atom. The monoisotopic (exact) mass is 409 g/mol. The highest BCUT2D eigenvalue weighted by Gasteiger charge is 2.33. The first-order valence-electron chi connectivity index (χ1n) is 8.94. The molecule has 0 bridgehead atoms. The van der Waals surface area contributed by atoms with E-state index >= 15 is 0 Å². The van der Waals surface area contributed by atoms with Gasteiger partial charge in [0.05, 0.1) is 18.1 Å². The zero-order chi connectivity index (χ0) is 19.5. The minimum Gasteiger partial charge on any atom is -0.480 e. The summed E-state index contributed by atoms with van der Waals surface area (Å²) in [6, 6.07) is 17.9. The Morgan fingerprint density at radius 1 is 1.18 bits per heavy atom. The predicted octanol–water partition coefficient (Wildman–Crippen LogP) is 4.59. The van der Waals surface area contributed by atoms with Gasteiger partial charge in [0.15, 0.2) is 0 Å². The van der Waals surface area contributed by atoms with Gasteiger partial charge in [0, 0.05) is 12.7 Å². The second-order valence-electron chi connectivity index (χ2n) is 6.42. The summed E-state index contributed by atoms with van der Waals surface area (Å²) in [6.07, 6.45) is 3.70. The molecule has 6 heteroatoms. The van der Waals surface area contributed by atoms with Crippen LogP contribution in [-0.2, 0) is 9.53 Å². The van der Waals surface area contributed by atoms with Gasteiger partial charge in [0.25, 0.3) is 5.91 Å². The number of hydrogen-bond acceptors (Lipinski definition) is 5. The van der Waals surface area contributed by atoms with E-state index in [1.54, 1.807) is 12.0 Å². The Labute approximate surface area is 173 Å². The highest BCUT2D eigenvalue weighted by Crippen LogP contribution is 2.40. The predicted molar refractivity (Wildman–Crippen MR) is 116 cm³/mol. The van der Waals surface area contributed by atoms with E-state index in [1.807, 2.05) is 60.7 Å². The van der Waals surface area contributed by atoms with Crippen molar-refractivity contribution in [2.24, 2.45) is 0 Å². The van der Waals surface area contributed by atoms with Gasteiger partial charge in [-0.15, -0.1) is 0 Å². The van der Waals surface area contributed by atoms with Crippen molar-refractivity contribution in [1.29, 1.82) is 0 Å². The van der Waals surface area contributed by atoms with Crippen LogP contribution in [0.15, 0.2) is 71.2 Å². The van der Waals surface area contributed by atoms with Crippen LogP contribution < -0.4 is 4.74 Å². The maximum absolute atomic E-state index is 12.8. The van der Waals surface area contributed by atoms with E-state index in [-0.39, 0.29) is 12.0 Å². The van der Waals surface area contributed by atoms with Gasteiger partial charge in [-0.3, -0.25) is 9.69 Å². The molecular weight excluding hydrogens is 390 g/mol. The number of carbonyl (C=O) groups is 1. The second-order valence-corrected chi connectivity index (χ2v) is 8.09. The summed E-state index contributed by atoms with van der Waals surface area (Å²) in [5.74, 6) is 0.750. The molecule has 1 fully saturated rings. The van der Waals surface area contributed by atoms with Crippen molar-refractivity contribution in [3.63, 3.8) is 0 Å². The summed E-state index contributed by atoms with van der Waals surface area (Å²) in [6.45, 7) is 0.907. The Balaban J connectivity index is 1.71. The van der Waals surface area contributed by atoms with Gasteiger partial charge in [-0.05, 0) is 29.4 Å². The van der Waals surface area contributed by atoms with Crippen LogP contribution in [0, 0.1) is 0 Å². The lowest BCUT2D eigenvalue weighted by atomic mass is 9.95. The average Bonchev–Trinajstić information content (AvgIpc) is 2.99. The first-order valence-corrected chi connectivity index (χ1v) is 10.2. The lowest BCUT2D eigenvalue weighted by Crippen LogP contribution is -2.31. The molecule has 0 N–H and O–H groups in total. The maximum atomic E-state index is 12.8. The number of rotatable bonds is 5. The number of para-hydroxylation sites is 1. The molecule has 0 saturated carbocycles. The third-order valence-electron chi connectivity index (χ3n) is 4.58. The van der Waals surface area contributed by atoms with Gasteiger partial charge < -0.3 is 9.47 Å². The van der Waals surface area contributed by atoms with Crippen molar-refractivity contribution in [1.82, 2.24) is 4.90 Å². The van der Waals surface area contributed by atoms with Gasteiger partial charge in [-0.2, -0.15) is 0 Å². The molecule has 2 heterocycles. The van der Waals surface area contributed by atoms with Crippen molar-refractivity contribution in [2.75, 3.05) is 20.3 Å². The van der Waals surface area contributed by atoms with Crippen molar-refractivity contribution < 1.29 is 14.3 Å². The van der Waals surface area contributed by atoms with Gasteiger partial charge in [-0.1, -0.05) is 72.5 Å². The largest absolute Gasteiger partial charge is 0.480 e. The Morgan fingerprint density at radius 2 is 1.93 bits per heavy atom. The van der Waals surface area contributed by atoms with Crippen LogP contribution in [-0.4, -0.2) is 35.4 Å². The van der Waals surface area contributed by atoms with Crippen LogP contribution in [0.4, 0.5) is 0 Å². The fourth-order valence-electron chi connectivity index (χ4n) is 3.19. The number of fused-ring (bicyclic) bond motifs is 1. The number of ether oxygens (including phenoxy) is 2. The number of hydrogen-bond donors (Lipinski definition) is 0. The average molecular weight is 410 g/mol. The van der Waals surface area contributed by atoms with Gasteiger partial charge >= 0.3 is 0 Å². The molecule has 4 rings (SSSR count). The van der Waals surface area contributed by atoms with Crippen LogP contribution in [0.2, 0.25) is 0 Å². The molecule has 2 aromatic carbocycles. The highest BCUT2D eigenvalue weighted by molar-refractivity contribution is 8.26. The molecule has 4 nitrogen and oxygen atoms in total. The molecule has 1 saturated heterocycles. The number of nitrogens with zero attached hydrogens (tertiary/aromatic N) is 1. The summed E-state index contributed by atoms with van der Waals surface area (Å²) in [5, 5.41) is 0. The van der Waals surface area contributed by atoms with E-state index in [0.29, 0.717) is 22.4 Å². The molecule has 1 unspecified atom stereocenters. The van der Waals surface area contributed by atoms with E-state index in [1.165, 1.54) is 11.8 Å².